The third-order valence-electron chi connectivity index (χ3n) is 4.09. The molecule has 0 bridgehead atoms. The molecule has 0 spiro atoms. The van der Waals surface area contributed by atoms with Crippen LogP contribution in [0, 0.1) is 5.92 Å². The highest BCUT2D eigenvalue weighted by molar-refractivity contribution is 5.78. The molecule has 0 aliphatic carbocycles. The molecular formula is C18H22F3N3O2. The maximum absolute atomic E-state index is 12.5. The Morgan fingerprint density at radius 2 is 1.88 bits per heavy atom. The first-order valence-corrected chi connectivity index (χ1v) is 8.55. The Morgan fingerprint density at radius 3 is 2.38 bits per heavy atom. The lowest BCUT2D eigenvalue weighted by atomic mass is 10.1. The van der Waals surface area contributed by atoms with E-state index in [1.807, 2.05) is 20.8 Å². The average Bonchev–Trinajstić information content (AvgIpc) is 3.11. The van der Waals surface area contributed by atoms with E-state index in [9.17, 15) is 18.0 Å². The number of rotatable bonds is 7. The lowest BCUT2D eigenvalue weighted by Gasteiger charge is -2.25. The predicted octanol–water partition coefficient (Wildman–Crippen LogP) is 4.54. The van der Waals surface area contributed by atoms with Crippen molar-refractivity contribution in [1.82, 2.24) is 15.0 Å². The van der Waals surface area contributed by atoms with Gasteiger partial charge in [0.25, 0.3) is 0 Å². The molecule has 0 aliphatic heterocycles. The van der Waals surface area contributed by atoms with Crippen molar-refractivity contribution in [3.05, 3.63) is 35.7 Å². The normalized spacial score (nSPS) is 12.8. The Labute approximate surface area is 150 Å². The van der Waals surface area contributed by atoms with Gasteiger partial charge in [-0.05, 0) is 18.4 Å². The van der Waals surface area contributed by atoms with Crippen LogP contribution < -0.4 is 0 Å². The second kappa shape index (κ2) is 8.33. The van der Waals surface area contributed by atoms with Crippen molar-refractivity contribution in [2.24, 2.45) is 5.92 Å². The SMILES string of the molecule is CCCN(Cc1ccc(-c2noc(C(F)(F)F)n2)cc1)C(=O)C(C)CC. The van der Waals surface area contributed by atoms with E-state index in [2.05, 4.69) is 14.7 Å². The maximum Gasteiger partial charge on any atom is 0.471 e. The van der Waals surface area contributed by atoms with Crippen LogP contribution in [0.2, 0.25) is 0 Å². The van der Waals surface area contributed by atoms with Gasteiger partial charge in [-0.15, -0.1) is 0 Å². The van der Waals surface area contributed by atoms with Crippen LogP contribution in [0.1, 0.15) is 45.1 Å². The van der Waals surface area contributed by atoms with Crippen molar-refractivity contribution in [2.45, 2.75) is 46.3 Å². The fourth-order valence-corrected chi connectivity index (χ4v) is 2.46. The van der Waals surface area contributed by atoms with Gasteiger partial charge in [0, 0.05) is 24.6 Å². The van der Waals surface area contributed by atoms with Gasteiger partial charge in [0.1, 0.15) is 0 Å². The van der Waals surface area contributed by atoms with Crippen LogP contribution >= 0.6 is 0 Å². The molecule has 1 aromatic carbocycles. The molecule has 0 saturated heterocycles. The Balaban J connectivity index is 2.13. The van der Waals surface area contributed by atoms with Gasteiger partial charge in [0.05, 0.1) is 0 Å². The van der Waals surface area contributed by atoms with Crippen LogP contribution in [0.4, 0.5) is 13.2 Å². The summed E-state index contributed by atoms with van der Waals surface area (Å²) in [5.74, 6) is -1.43. The summed E-state index contributed by atoms with van der Waals surface area (Å²) in [6.07, 6.45) is -3.04. The number of nitrogens with zero attached hydrogens (tertiary/aromatic N) is 3. The summed E-state index contributed by atoms with van der Waals surface area (Å²) in [5.41, 5.74) is 1.31. The first-order valence-electron chi connectivity index (χ1n) is 8.55. The summed E-state index contributed by atoms with van der Waals surface area (Å²) in [5, 5.41) is 3.36. The monoisotopic (exact) mass is 369 g/mol. The van der Waals surface area contributed by atoms with Gasteiger partial charge in [-0.1, -0.05) is 50.2 Å². The van der Waals surface area contributed by atoms with E-state index in [0.717, 1.165) is 18.4 Å². The smallest absolute Gasteiger partial charge is 0.338 e. The zero-order valence-corrected chi connectivity index (χ0v) is 15.0. The number of alkyl halides is 3. The molecule has 1 unspecified atom stereocenters. The number of hydrogen-bond acceptors (Lipinski definition) is 4. The highest BCUT2D eigenvalue weighted by Crippen LogP contribution is 2.29. The first-order chi connectivity index (χ1) is 12.3. The van der Waals surface area contributed by atoms with E-state index < -0.39 is 12.1 Å². The first kappa shape index (κ1) is 19.9. The quantitative estimate of drug-likeness (QED) is 0.719. The van der Waals surface area contributed by atoms with Crippen LogP contribution in [-0.4, -0.2) is 27.5 Å². The standard InChI is InChI=1S/C18H22F3N3O2/c1-4-10-24(16(25)12(3)5-2)11-13-6-8-14(9-7-13)15-22-17(26-23-15)18(19,20)21/h6-9,12H,4-5,10-11H2,1-3H3. The Morgan fingerprint density at radius 1 is 1.23 bits per heavy atom. The van der Waals surface area contributed by atoms with E-state index in [1.54, 1.807) is 29.2 Å². The number of carbonyl (C=O) groups excluding carboxylic acids is 1. The molecule has 8 heteroatoms. The molecule has 0 fully saturated rings. The minimum absolute atomic E-state index is 0.0408. The summed E-state index contributed by atoms with van der Waals surface area (Å²) in [4.78, 5) is 17.6. The molecule has 1 aromatic heterocycles. The Hall–Kier alpha value is -2.38. The summed E-state index contributed by atoms with van der Waals surface area (Å²) in [7, 11) is 0. The van der Waals surface area contributed by atoms with Crippen molar-refractivity contribution in [2.75, 3.05) is 6.54 Å². The van der Waals surface area contributed by atoms with Gasteiger partial charge in [0.15, 0.2) is 0 Å². The number of amides is 1. The van der Waals surface area contributed by atoms with E-state index in [-0.39, 0.29) is 17.6 Å². The zero-order chi connectivity index (χ0) is 19.3. The number of halogens is 3. The van der Waals surface area contributed by atoms with Crippen LogP contribution in [0.3, 0.4) is 0 Å². The average molecular weight is 369 g/mol. The zero-order valence-electron chi connectivity index (χ0n) is 15.0. The number of hydrogen-bond donors (Lipinski definition) is 0. The summed E-state index contributed by atoms with van der Waals surface area (Å²) in [6.45, 7) is 7.00. The van der Waals surface area contributed by atoms with Crippen LogP contribution in [0.25, 0.3) is 11.4 Å². The highest BCUT2D eigenvalue weighted by atomic mass is 19.4. The summed E-state index contributed by atoms with van der Waals surface area (Å²) < 4.78 is 41.8. The van der Waals surface area contributed by atoms with Crippen molar-refractivity contribution in [1.29, 1.82) is 0 Å². The Bertz CT molecular complexity index is 726. The highest BCUT2D eigenvalue weighted by Gasteiger charge is 2.38. The molecule has 0 aliphatic rings. The molecule has 5 nitrogen and oxygen atoms in total. The van der Waals surface area contributed by atoms with Gasteiger partial charge in [-0.2, -0.15) is 18.2 Å². The molecule has 26 heavy (non-hydrogen) atoms. The van der Waals surface area contributed by atoms with Gasteiger partial charge < -0.3 is 9.42 Å². The minimum atomic E-state index is -4.66. The van der Waals surface area contributed by atoms with Gasteiger partial charge in [-0.3, -0.25) is 4.79 Å². The second-order valence-electron chi connectivity index (χ2n) is 6.19. The lowest BCUT2D eigenvalue weighted by molar-refractivity contribution is -0.159. The Kier molecular flexibility index (Phi) is 6.39. The minimum Gasteiger partial charge on any atom is -0.338 e. The maximum atomic E-state index is 12.5. The number of aromatic nitrogens is 2. The number of carbonyl (C=O) groups is 1. The molecule has 2 aromatic rings. The second-order valence-corrected chi connectivity index (χ2v) is 6.19. The van der Waals surface area contributed by atoms with Crippen LogP contribution in [-0.2, 0) is 17.5 Å². The van der Waals surface area contributed by atoms with Crippen molar-refractivity contribution in [3.8, 4) is 11.4 Å². The lowest BCUT2D eigenvalue weighted by Crippen LogP contribution is -2.35. The molecule has 0 radical (unpaired) electrons. The third-order valence-corrected chi connectivity index (χ3v) is 4.09. The number of benzene rings is 1. The van der Waals surface area contributed by atoms with E-state index in [0.29, 0.717) is 18.7 Å². The molecule has 0 saturated carbocycles. The molecule has 0 N–H and O–H groups in total. The summed E-state index contributed by atoms with van der Waals surface area (Å²) in [6, 6.07) is 6.76. The van der Waals surface area contributed by atoms with Crippen molar-refractivity contribution in [3.63, 3.8) is 0 Å². The molecule has 1 heterocycles. The van der Waals surface area contributed by atoms with E-state index in [4.69, 9.17) is 0 Å². The van der Waals surface area contributed by atoms with E-state index in [1.165, 1.54) is 0 Å². The van der Waals surface area contributed by atoms with E-state index >= 15 is 0 Å². The molecule has 2 rings (SSSR count). The van der Waals surface area contributed by atoms with Crippen molar-refractivity contribution >= 4 is 5.91 Å². The topological polar surface area (TPSA) is 59.2 Å². The molecular weight excluding hydrogens is 347 g/mol. The largest absolute Gasteiger partial charge is 0.471 e. The third kappa shape index (κ3) is 4.83. The van der Waals surface area contributed by atoms with Crippen LogP contribution in [0.15, 0.2) is 28.8 Å². The molecule has 1 amide bonds. The fraction of sp³-hybridized carbons (Fsp3) is 0.500. The molecule has 142 valence electrons. The van der Waals surface area contributed by atoms with Gasteiger partial charge in [0.2, 0.25) is 11.7 Å². The van der Waals surface area contributed by atoms with Gasteiger partial charge in [-0.25, -0.2) is 0 Å². The summed E-state index contributed by atoms with van der Waals surface area (Å²) >= 11 is 0. The fourth-order valence-electron chi connectivity index (χ4n) is 2.46. The predicted molar refractivity (Wildman–Crippen MR) is 89.9 cm³/mol. The van der Waals surface area contributed by atoms with Gasteiger partial charge >= 0.3 is 12.1 Å². The van der Waals surface area contributed by atoms with Crippen molar-refractivity contribution < 1.29 is 22.5 Å². The van der Waals surface area contributed by atoms with Crippen LogP contribution in [0.5, 0.6) is 0 Å². The molecule has 1 atom stereocenters.